The fourth-order valence-corrected chi connectivity index (χ4v) is 2.71. The number of likely N-dealkylation sites (tertiary alicyclic amines) is 1. The van der Waals surface area contributed by atoms with Gasteiger partial charge in [-0.2, -0.15) is 0 Å². The zero-order valence-electron chi connectivity index (χ0n) is 11.8. The molecule has 0 saturated carbocycles. The zero-order valence-corrected chi connectivity index (χ0v) is 11.8. The van der Waals surface area contributed by atoms with Crippen LogP contribution in [-0.4, -0.2) is 60.2 Å². The predicted molar refractivity (Wildman–Crippen MR) is 78.3 cm³/mol. The first-order chi connectivity index (χ1) is 9.06. The highest BCUT2D eigenvalue weighted by Gasteiger charge is 2.21. The molecule has 1 aliphatic rings. The van der Waals surface area contributed by atoms with Crippen molar-refractivity contribution in [2.45, 2.75) is 25.4 Å². The highest BCUT2D eigenvalue weighted by molar-refractivity contribution is 6.58. The maximum Gasteiger partial charge on any atom is 0.488 e. The van der Waals surface area contributed by atoms with Gasteiger partial charge in [0.05, 0.1) is 0 Å². The molecule has 0 bridgehead atoms. The second-order valence-electron chi connectivity index (χ2n) is 5.59. The topological polar surface area (TPSA) is 46.9 Å². The smallest absolute Gasteiger partial charge is 0.423 e. The second-order valence-corrected chi connectivity index (χ2v) is 5.59. The van der Waals surface area contributed by atoms with E-state index in [0.717, 1.165) is 13.1 Å². The molecule has 0 aliphatic carbocycles. The molecule has 1 saturated heterocycles. The highest BCUT2D eigenvalue weighted by atomic mass is 16.4. The second kappa shape index (κ2) is 6.52. The van der Waals surface area contributed by atoms with E-state index in [9.17, 15) is 0 Å². The van der Waals surface area contributed by atoms with Crippen molar-refractivity contribution in [1.29, 1.82) is 0 Å². The maximum absolute atomic E-state index is 9.07. The van der Waals surface area contributed by atoms with Crippen molar-refractivity contribution in [2.75, 3.05) is 27.2 Å². The molecular formula is C14H23BN2O2. The average Bonchev–Trinajstić information content (AvgIpc) is 2.39. The number of piperidine rings is 1. The molecule has 2 rings (SSSR count). The molecule has 1 aromatic rings. The molecule has 1 aliphatic heterocycles. The lowest BCUT2D eigenvalue weighted by atomic mass is 9.80. The summed E-state index contributed by atoms with van der Waals surface area (Å²) in [6.07, 6.45) is 2.52. The van der Waals surface area contributed by atoms with Crippen LogP contribution < -0.4 is 5.46 Å². The Bertz CT molecular complexity index is 397. The van der Waals surface area contributed by atoms with Crippen LogP contribution in [0, 0.1) is 0 Å². The first-order valence-corrected chi connectivity index (χ1v) is 6.90. The van der Waals surface area contributed by atoms with Gasteiger partial charge < -0.3 is 14.9 Å². The summed E-state index contributed by atoms with van der Waals surface area (Å²) in [5, 5.41) is 18.1. The molecule has 0 amide bonds. The van der Waals surface area contributed by atoms with E-state index in [4.69, 9.17) is 10.0 Å². The quantitative estimate of drug-likeness (QED) is 0.743. The third kappa shape index (κ3) is 4.04. The molecule has 4 nitrogen and oxygen atoms in total. The summed E-state index contributed by atoms with van der Waals surface area (Å²) in [5.74, 6) is 0. The zero-order chi connectivity index (χ0) is 13.8. The Hall–Kier alpha value is -0.875. The molecule has 0 aromatic heterocycles. The van der Waals surface area contributed by atoms with Crippen LogP contribution in [0.3, 0.4) is 0 Å². The monoisotopic (exact) mass is 262 g/mol. The largest absolute Gasteiger partial charge is 0.488 e. The van der Waals surface area contributed by atoms with Gasteiger partial charge in [-0.25, -0.2) is 0 Å². The maximum atomic E-state index is 9.07. The SMILES string of the molecule is CN1CCCC(N(C)Cc2ccc(B(O)O)cc2)C1. The van der Waals surface area contributed by atoms with E-state index in [2.05, 4.69) is 23.9 Å². The van der Waals surface area contributed by atoms with Crippen molar-refractivity contribution in [3.63, 3.8) is 0 Å². The van der Waals surface area contributed by atoms with Crippen LogP contribution in [0.1, 0.15) is 18.4 Å². The third-order valence-corrected chi connectivity index (χ3v) is 3.93. The lowest BCUT2D eigenvalue weighted by Crippen LogP contribution is -2.44. The molecule has 1 fully saturated rings. The molecule has 0 spiro atoms. The number of likely N-dealkylation sites (N-methyl/N-ethyl adjacent to an activating group) is 2. The van der Waals surface area contributed by atoms with Crippen molar-refractivity contribution in [3.05, 3.63) is 29.8 Å². The van der Waals surface area contributed by atoms with Crippen LogP contribution in [0.2, 0.25) is 0 Å². The van der Waals surface area contributed by atoms with Gasteiger partial charge in [0.15, 0.2) is 0 Å². The van der Waals surface area contributed by atoms with E-state index in [-0.39, 0.29) is 0 Å². The van der Waals surface area contributed by atoms with E-state index in [1.807, 2.05) is 12.1 Å². The van der Waals surface area contributed by atoms with Crippen LogP contribution in [0.15, 0.2) is 24.3 Å². The fraction of sp³-hybridized carbons (Fsp3) is 0.571. The highest BCUT2D eigenvalue weighted by Crippen LogP contribution is 2.15. The summed E-state index contributed by atoms with van der Waals surface area (Å²) >= 11 is 0. The number of rotatable bonds is 4. The molecule has 5 heteroatoms. The van der Waals surface area contributed by atoms with Gasteiger partial charge in [-0.05, 0) is 44.5 Å². The summed E-state index contributed by atoms with van der Waals surface area (Å²) in [7, 11) is 2.97. The van der Waals surface area contributed by atoms with Gasteiger partial charge in [-0.3, -0.25) is 4.90 Å². The Morgan fingerprint density at radius 3 is 2.58 bits per heavy atom. The molecule has 19 heavy (non-hydrogen) atoms. The third-order valence-electron chi connectivity index (χ3n) is 3.93. The molecule has 1 unspecified atom stereocenters. The lowest BCUT2D eigenvalue weighted by Gasteiger charge is -2.35. The fourth-order valence-electron chi connectivity index (χ4n) is 2.71. The Kier molecular flexibility index (Phi) is 4.99. The lowest BCUT2D eigenvalue weighted by molar-refractivity contribution is 0.129. The van der Waals surface area contributed by atoms with Gasteiger partial charge in [-0.1, -0.05) is 24.3 Å². The normalized spacial score (nSPS) is 20.8. The molecule has 1 atom stereocenters. The minimum absolute atomic E-state index is 0.545. The van der Waals surface area contributed by atoms with E-state index in [0.29, 0.717) is 11.5 Å². The van der Waals surface area contributed by atoms with E-state index in [1.54, 1.807) is 12.1 Å². The Morgan fingerprint density at radius 1 is 1.32 bits per heavy atom. The van der Waals surface area contributed by atoms with Crippen LogP contribution in [-0.2, 0) is 6.54 Å². The summed E-state index contributed by atoms with van der Waals surface area (Å²) in [4.78, 5) is 4.77. The van der Waals surface area contributed by atoms with Gasteiger partial charge in [0.25, 0.3) is 0 Å². The summed E-state index contributed by atoms with van der Waals surface area (Å²) < 4.78 is 0. The molecular weight excluding hydrogens is 239 g/mol. The average molecular weight is 262 g/mol. The molecule has 2 N–H and O–H groups in total. The number of hydrogen-bond donors (Lipinski definition) is 2. The molecule has 1 aromatic carbocycles. The van der Waals surface area contributed by atoms with E-state index < -0.39 is 7.12 Å². The Labute approximate surface area is 115 Å². The minimum atomic E-state index is -1.38. The standard InChI is InChI=1S/C14H23BN2O2/c1-16-9-3-4-14(11-16)17(2)10-12-5-7-13(8-6-12)15(18)19/h5-8,14,18-19H,3-4,9-11H2,1-2H3. The van der Waals surface area contributed by atoms with E-state index >= 15 is 0 Å². The van der Waals surface area contributed by atoms with Crippen molar-refractivity contribution in [3.8, 4) is 0 Å². The Balaban J connectivity index is 1.92. The predicted octanol–water partition coefficient (Wildman–Crippen LogP) is -0.108. The van der Waals surface area contributed by atoms with Crippen LogP contribution in [0.25, 0.3) is 0 Å². The summed E-state index contributed by atoms with van der Waals surface area (Å²) in [5.41, 5.74) is 1.75. The van der Waals surface area contributed by atoms with Crippen molar-refractivity contribution in [1.82, 2.24) is 9.80 Å². The van der Waals surface area contributed by atoms with Crippen molar-refractivity contribution < 1.29 is 10.0 Å². The van der Waals surface area contributed by atoms with Gasteiger partial charge in [0, 0.05) is 19.1 Å². The summed E-state index contributed by atoms with van der Waals surface area (Å²) in [6.45, 7) is 3.23. The first kappa shape index (κ1) is 14.5. The van der Waals surface area contributed by atoms with E-state index in [1.165, 1.54) is 24.9 Å². The number of hydrogen-bond acceptors (Lipinski definition) is 4. The van der Waals surface area contributed by atoms with Gasteiger partial charge in [-0.15, -0.1) is 0 Å². The van der Waals surface area contributed by atoms with Crippen LogP contribution >= 0.6 is 0 Å². The van der Waals surface area contributed by atoms with Crippen LogP contribution in [0.4, 0.5) is 0 Å². The van der Waals surface area contributed by atoms with Crippen molar-refractivity contribution >= 4 is 12.6 Å². The van der Waals surface area contributed by atoms with Crippen molar-refractivity contribution in [2.24, 2.45) is 0 Å². The van der Waals surface area contributed by atoms with Gasteiger partial charge >= 0.3 is 7.12 Å². The number of benzene rings is 1. The van der Waals surface area contributed by atoms with Gasteiger partial charge in [0.1, 0.15) is 0 Å². The minimum Gasteiger partial charge on any atom is -0.423 e. The molecule has 1 heterocycles. The molecule has 104 valence electrons. The first-order valence-electron chi connectivity index (χ1n) is 6.90. The Morgan fingerprint density at radius 2 is 2.00 bits per heavy atom. The van der Waals surface area contributed by atoms with Gasteiger partial charge in [0.2, 0.25) is 0 Å². The molecule has 0 radical (unpaired) electrons. The summed E-state index contributed by atoms with van der Waals surface area (Å²) in [6, 6.07) is 8.11. The number of nitrogens with zero attached hydrogens (tertiary/aromatic N) is 2. The van der Waals surface area contributed by atoms with Crippen LogP contribution in [0.5, 0.6) is 0 Å².